The van der Waals surface area contributed by atoms with Crippen LogP contribution in [0.2, 0.25) is 0 Å². The topological polar surface area (TPSA) is 116 Å². The van der Waals surface area contributed by atoms with E-state index in [0.29, 0.717) is 0 Å². The van der Waals surface area contributed by atoms with Crippen molar-refractivity contribution in [3.63, 3.8) is 0 Å². The zero-order chi connectivity index (χ0) is 22.4. The van der Waals surface area contributed by atoms with E-state index in [9.17, 15) is 20.2 Å². The van der Waals surface area contributed by atoms with Crippen LogP contribution >= 0.6 is 15.9 Å². The van der Waals surface area contributed by atoms with E-state index in [-0.39, 0.29) is 29.5 Å². The van der Waals surface area contributed by atoms with Crippen molar-refractivity contribution < 1.29 is 19.7 Å². The summed E-state index contributed by atoms with van der Waals surface area (Å²) >= 11 is 3.13. The first-order valence-electron chi connectivity index (χ1n) is 8.27. The first-order chi connectivity index (χ1) is 13.7. The fourth-order valence-electron chi connectivity index (χ4n) is 1.82. The molecule has 0 atom stereocenters. The van der Waals surface area contributed by atoms with Gasteiger partial charge >= 0.3 is 11.4 Å². The summed E-state index contributed by atoms with van der Waals surface area (Å²) in [6, 6.07) is 9.10. The van der Waals surface area contributed by atoms with Crippen LogP contribution in [0.25, 0.3) is 0 Å². The predicted octanol–water partition coefficient (Wildman–Crippen LogP) is 5.64. The second-order valence-electron chi connectivity index (χ2n) is 5.52. The number of phenols is 1. The number of rotatable bonds is 6. The molecule has 0 aromatic heterocycles. The van der Waals surface area contributed by atoms with Crippen LogP contribution in [0, 0.1) is 34.1 Å². The van der Waals surface area contributed by atoms with Gasteiger partial charge in [-0.3, -0.25) is 20.2 Å². The molecule has 29 heavy (non-hydrogen) atoms. The van der Waals surface area contributed by atoms with Crippen LogP contribution in [0.15, 0.2) is 61.7 Å². The Morgan fingerprint density at radius 1 is 1.00 bits per heavy atom. The third kappa shape index (κ3) is 10.1. The molecule has 2 aromatic carbocycles. The number of benzene rings is 2. The summed E-state index contributed by atoms with van der Waals surface area (Å²) in [6.07, 6.45) is 3.34. The molecule has 2 aromatic rings. The number of ether oxygens (including phenoxy) is 1. The number of nitro groups is 2. The first kappa shape index (κ1) is 25.8. The van der Waals surface area contributed by atoms with Gasteiger partial charge in [0.15, 0.2) is 11.5 Å². The Morgan fingerprint density at radius 3 is 1.90 bits per heavy atom. The largest absolute Gasteiger partial charge is 0.502 e. The van der Waals surface area contributed by atoms with Gasteiger partial charge in [-0.05, 0) is 37.1 Å². The highest BCUT2D eigenvalue weighted by atomic mass is 79.9. The Morgan fingerprint density at radius 2 is 1.48 bits per heavy atom. The van der Waals surface area contributed by atoms with E-state index in [2.05, 4.69) is 29.1 Å². The SMILES string of the molecule is C=CCBr.C=CCOc1ccc(C)cc1[N+](=O)[O-].Cc1ccc(O)c([N+](=O)[O-])c1. The van der Waals surface area contributed by atoms with Crippen LogP contribution < -0.4 is 4.74 Å². The van der Waals surface area contributed by atoms with Gasteiger partial charge in [-0.1, -0.05) is 46.8 Å². The highest BCUT2D eigenvalue weighted by molar-refractivity contribution is 9.09. The zero-order valence-corrected chi connectivity index (χ0v) is 17.8. The lowest BCUT2D eigenvalue weighted by Gasteiger charge is -2.04. The Balaban J connectivity index is 0.000000466. The van der Waals surface area contributed by atoms with Crippen molar-refractivity contribution in [3.8, 4) is 11.5 Å². The zero-order valence-electron chi connectivity index (χ0n) is 16.2. The van der Waals surface area contributed by atoms with E-state index in [1.807, 2.05) is 0 Å². The Bertz CT molecular complexity index is 855. The van der Waals surface area contributed by atoms with E-state index >= 15 is 0 Å². The van der Waals surface area contributed by atoms with Crippen molar-refractivity contribution in [2.75, 3.05) is 11.9 Å². The van der Waals surface area contributed by atoms with Crippen molar-refractivity contribution in [3.05, 3.63) is 93.1 Å². The molecule has 0 fully saturated rings. The molecular formula is C20H23BrN2O6. The summed E-state index contributed by atoms with van der Waals surface area (Å²) in [5.74, 6) is -0.0129. The summed E-state index contributed by atoms with van der Waals surface area (Å²) in [4.78, 5) is 19.8. The maximum atomic E-state index is 10.6. The van der Waals surface area contributed by atoms with Gasteiger partial charge in [-0.15, -0.1) is 6.58 Å². The molecule has 0 bridgehead atoms. The van der Waals surface area contributed by atoms with Crippen molar-refractivity contribution >= 4 is 27.3 Å². The van der Waals surface area contributed by atoms with Crippen LogP contribution in [0.3, 0.4) is 0 Å². The van der Waals surface area contributed by atoms with Crippen LogP contribution in [0.5, 0.6) is 11.5 Å². The molecule has 0 heterocycles. The lowest BCUT2D eigenvalue weighted by molar-refractivity contribution is -0.386. The van der Waals surface area contributed by atoms with Crippen molar-refractivity contribution in [1.29, 1.82) is 0 Å². The number of aromatic hydroxyl groups is 1. The van der Waals surface area contributed by atoms with Gasteiger partial charge in [0.1, 0.15) is 6.61 Å². The molecule has 8 nitrogen and oxygen atoms in total. The van der Waals surface area contributed by atoms with Crippen LogP contribution in [-0.2, 0) is 0 Å². The van der Waals surface area contributed by atoms with Gasteiger partial charge in [0.05, 0.1) is 9.85 Å². The van der Waals surface area contributed by atoms with E-state index in [0.717, 1.165) is 16.5 Å². The minimum absolute atomic E-state index is 0.00755. The second-order valence-corrected chi connectivity index (χ2v) is 6.17. The number of alkyl halides is 1. The number of hydrogen-bond acceptors (Lipinski definition) is 6. The molecular weight excluding hydrogens is 444 g/mol. The van der Waals surface area contributed by atoms with Gasteiger partial charge in [-0.25, -0.2) is 0 Å². The molecule has 0 spiro atoms. The minimum Gasteiger partial charge on any atom is -0.502 e. The number of aryl methyl sites for hydroxylation is 2. The molecule has 0 aliphatic carbocycles. The molecule has 0 saturated heterocycles. The summed E-state index contributed by atoms with van der Waals surface area (Å²) in [7, 11) is 0. The number of phenolic OH excluding ortho intramolecular Hbond substituents is 1. The van der Waals surface area contributed by atoms with Crippen molar-refractivity contribution in [2.45, 2.75) is 13.8 Å². The van der Waals surface area contributed by atoms with Crippen molar-refractivity contribution in [1.82, 2.24) is 0 Å². The van der Waals surface area contributed by atoms with E-state index < -0.39 is 9.85 Å². The fraction of sp³-hybridized carbons (Fsp3) is 0.200. The standard InChI is InChI=1S/C10H11NO3.C7H7NO3.C3H5Br/c1-3-6-14-10-5-4-8(2)7-9(10)11(12)13;1-5-2-3-7(9)6(4-5)8(10)11;1-2-3-4/h3-5,7H,1,6H2,2H3;2-4,9H,1H3;2H,1,3H2. The minimum atomic E-state index is -0.609. The molecule has 0 radical (unpaired) electrons. The maximum absolute atomic E-state index is 10.6. The highest BCUT2D eigenvalue weighted by Gasteiger charge is 2.14. The van der Waals surface area contributed by atoms with Crippen LogP contribution in [0.1, 0.15) is 11.1 Å². The second kappa shape index (κ2) is 13.9. The highest BCUT2D eigenvalue weighted by Crippen LogP contribution is 2.27. The number of nitrogens with zero attached hydrogens (tertiary/aromatic N) is 2. The quantitative estimate of drug-likeness (QED) is 0.254. The van der Waals surface area contributed by atoms with Crippen LogP contribution in [0.4, 0.5) is 11.4 Å². The lowest BCUT2D eigenvalue weighted by atomic mass is 10.2. The number of allylic oxidation sites excluding steroid dienone is 1. The number of hydrogen-bond donors (Lipinski definition) is 1. The smallest absolute Gasteiger partial charge is 0.311 e. The number of nitro benzene ring substituents is 2. The lowest BCUT2D eigenvalue weighted by Crippen LogP contribution is -1.98. The summed E-state index contributed by atoms with van der Waals surface area (Å²) in [5.41, 5.74) is 1.34. The third-order valence-corrected chi connectivity index (χ3v) is 3.56. The normalized spacial score (nSPS) is 9.07. The molecule has 156 valence electrons. The Labute approximate surface area is 177 Å². The van der Waals surface area contributed by atoms with Gasteiger partial charge in [0.25, 0.3) is 0 Å². The summed E-state index contributed by atoms with van der Waals surface area (Å²) < 4.78 is 5.14. The maximum Gasteiger partial charge on any atom is 0.311 e. The molecule has 0 aliphatic heterocycles. The molecule has 2 rings (SSSR count). The molecule has 0 amide bonds. The summed E-state index contributed by atoms with van der Waals surface area (Å²) in [6.45, 7) is 10.7. The Kier molecular flexibility index (Phi) is 12.4. The van der Waals surface area contributed by atoms with E-state index in [1.165, 1.54) is 18.2 Å². The third-order valence-electron chi connectivity index (χ3n) is 3.10. The summed E-state index contributed by atoms with van der Waals surface area (Å²) in [5, 5.41) is 30.7. The molecule has 0 saturated carbocycles. The monoisotopic (exact) mass is 466 g/mol. The van der Waals surface area contributed by atoms with Crippen molar-refractivity contribution in [2.24, 2.45) is 0 Å². The average Bonchev–Trinajstić information content (AvgIpc) is 2.69. The Hall–Kier alpha value is -3.20. The number of halogens is 1. The molecule has 0 aliphatic rings. The van der Waals surface area contributed by atoms with E-state index in [4.69, 9.17) is 9.84 Å². The van der Waals surface area contributed by atoms with Gasteiger partial charge in [0, 0.05) is 17.5 Å². The first-order valence-corrected chi connectivity index (χ1v) is 9.39. The van der Waals surface area contributed by atoms with E-state index in [1.54, 1.807) is 44.2 Å². The van der Waals surface area contributed by atoms with Crippen LogP contribution in [-0.4, -0.2) is 26.9 Å². The molecule has 0 unspecified atom stereocenters. The predicted molar refractivity (Wildman–Crippen MR) is 117 cm³/mol. The average molecular weight is 467 g/mol. The fourth-order valence-corrected chi connectivity index (χ4v) is 1.82. The van der Waals surface area contributed by atoms with Gasteiger partial charge in [-0.2, -0.15) is 0 Å². The van der Waals surface area contributed by atoms with Gasteiger partial charge in [0.2, 0.25) is 0 Å². The van der Waals surface area contributed by atoms with Gasteiger partial charge < -0.3 is 9.84 Å². The molecule has 9 heteroatoms. The molecule has 1 N–H and O–H groups in total.